The molecule has 1 atom stereocenters. The lowest BCUT2D eigenvalue weighted by atomic mass is 9.97. The van der Waals surface area contributed by atoms with E-state index in [0.717, 1.165) is 12.5 Å². The zero-order valence-corrected chi connectivity index (χ0v) is 8.79. The molecule has 0 aliphatic carbocycles. The highest BCUT2D eigenvalue weighted by Crippen LogP contribution is 2.14. The Morgan fingerprint density at radius 3 is 2.62 bits per heavy atom. The zero-order valence-electron chi connectivity index (χ0n) is 8.79. The Balaban J connectivity index is 2.08. The van der Waals surface area contributed by atoms with Gasteiger partial charge in [0.15, 0.2) is 0 Å². The van der Waals surface area contributed by atoms with E-state index in [-0.39, 0.29) is 12.6 Å². The maximum atomic E-state index is 8.84. The van der Waals surface area contributed by atoms with Crippen LogP contribution < -0.4 is 5.32 Å². The number of rotatable bonds is 4. The molecule has 78 valence electrons. The van der Waals surface area contributed by atoms with E-state index in [4.69, 9.17) is 5.11 Å². The van der Waals surface area contributed by atoms with Crippen LogP contribution in [0.3, 0.4) is 0 Å². The van der Waals surface area contributed by atoms with Crippen LogP contribution in [0, 0.1) is 5.92 Å². The molecule has 0 bridgehead atoms. The van der Waals surface area contributed by atoms with E-state index < -0.39 is 0 Å². The minimum absolute atomic E-state index is 0.243. The zero-order chi connectivity index (χ0) is 9.68. The van der Waals surface area contributed by atoms with Gasteiger partial charge in [-0.15, -0.1) is 0 Å². The van der Waals surface area contributed by atoms with Crippen LogP contribution >= 0.6 is 0 Å². The minimum Gasteiger partial charge on any atom is -0.395 e. The fourth-order valence-corrected chi connectivity index (χ4v) is 1.70. The van der Waals surface area contributed by atoms with Gasteiger partial charge in [-0.05, 0) is 52.4 Å². The van der Waals surface area contributed by atoms with Gasteiger partial charge >= 0.3 is 0 Å². The summed E-state index contributed by atoms with van der Waals surface area (Å²) in [6.07, 6.45) is 2.59. The predicted octanol–water partition coefficient (Wildman–Crippen LogP) is 0.299. The van der Waals surface area contributed by atoms with Gasteiger partial charge in [0.1, 0.15) is 0 Å². The molecule has 3 heteroatoms. The number of nitrogens with one attached hydrogen (secondary N) is 1. The molecular weight excluding hydrogens is 164 g/mol. The first-order valence-corrected chi connectivity index (χ1v) is 5.25. The van der Waals surface area contributed by atoms with Gasteiger partial charge in [-0.25, -0.2) is 0 Å². The average molecular weight is 186 g/mol. The molecule has 1 aliphatic rings. The van der Waals surface area contributed by atoms with Crippen LogP contribution in [-0.2, 0) is 0 Å². The molecule has 1 rings (SSSR count). The van der Waals surface area contributed by atoms with Crippen LogP contribution in [-0.4, -0.2) is 49.3 Å². The molecule has 0 spiro atoms. The normalized spacial score (nSPS) is 23.3. The lowest BCUT2D eigenvalue weighted by Crippen LogP contribution is -2.38. The van der Waals surface area contributed by atoms with Gasteiger partial charge in [-0.2, -0.15) is 0 Å². The molecule has 0 aromatic carbocycles. The van der Waals surface area contributed by atoms with Crippen molar-refractivity contribution in [3.8, 4) is 0 Å². The van der Waals surface area contributed by atoms with Crippen molar-refractivity contribution in [1.29, 1.82) is 0 Å². The van der Waals surface area contributed by atoms with Crippen LogP contribution in [0.2, 0.25) is 0 Å². The average Bonchev–Trinajstić information content (AvgIpc) is 2.16. The number of piperidine rings is 1. The fourth-order valence-electron chi connectivity index (χ4n) is 1.70. The molecule has 1 saturated heterocycles. The summed E-state index contributed by atoms with van der Waals surface area (Å²) < 4.78 is 0. The van der Waals surface area contributed by atoms with Gasteiger partial charge in [-0.3, -0.25) is 0 Å². The molecule has 2 N–H and O–H groups in total. The third kappa shape index (κ3) is 4.07. The molecule has 0 aromatic heterocycles. The molecule has 0 saturated carbocycles. The van der Waals surface area contributed by atoms with E-state index in [0.29, 0.717) is 0 Å². The second-order valence-electron chi connectivity index (χ2n) is 4.24. The molecule has 0 radical (unpaired) electrons. The van der Waals surface area contributed by atoms with Crippen molar-refractivity contribution >= 4 is 0 Å². The van der Waals surface area contributed by atoms with Crippen molar-refractivity contribution < 1.29 is 5.11 Å². The molecule has 1 aliphatic heterocycles. The van der Waals surface area contributed by atoms with Crippen LogP contribution in [0.4, 0.5) is 0 Å². The molecule has 0 amide bonds. The second kappa shape index (κ2) is 5.58. The van der Waals surface area contributed by atoms with Gasteiger partial charge in [-0.1, -0.05) is 0 Å². The first-order valence-electron chi connectivity index (χ1n) is 5.25. The third-order valence-electron chi connectivity index (χ3n) is 2.87. The summed E-state index contributed by atoms with van der Waals surface area (Å²) in [4.78, 5) is 2.38. The Morgan fingerprint density at radius 1 is 1.46 bits per heavy atom. The van der Waals surface area contributed by atoms with Crippen molar-refractivity contribution in [2.45, 2.75) is 25.8 Å². The number of nitrogens with zero attached hydrogens (tertiary/aromatic N) is 1. The number of hydrogen-bond acceptors (Lipinski definition) is 3. The first-order chi connectivity index (χ1) is 6.22. The Kier molecular flexibility index (Phi) is 4.70. The number of aliphatic hydroxyl groups excluding tert-OH is 1. The fraction of sp³-hybridized carbons (Fsp3) is 1.00. The first kappa shape index (κ1) is 11.0. The van der Waals surface area contributed by atoms with Gasteiger partial charge in [0, 0.05) is 6.04 Å². The highest BCUT2D eigenvalue weighted by molar-refractivity contribution is 4.73. The van der Waals surface area contributed by atoms with Crippen molar-refractivity contribution in [2.75, 3.05) is 33.3 Å². The summed E-state index contributed by atoms with van der Waals surface area (Å²) in [5.74, 6) is 0.810. The van der Waals surface area contributed by atoms with Crippen molar-refractivity contribution in [3.05, 3.63) is 0 Å². The second-order valence-corrected chi connectivity index (χ2v) is 4.24. The molecule has 3 nitrogen and oxygen atoms in total. The Hall–Kier alpha value is -0.120. The molecule has 1 unspecified atom stereocenters. The molecule has 1 fully saturated rings. The third-order valence-corrected chi connectivity index (χ3v) is 2.87. The molecule has 13 heavy (non-hydrogen) atoms. The minimum atomic E-state index is 0.243. The van der Waals surface area contributed by atoms with Crippen LogP contribution in [0.15, 0.2) is 0 Å². The van der Waals surface area contributed by atoms with Crippen LogP contribution in [0.25, 0.3) is 0 Å². The highest BCUT2D eigenvalue weighted by atomic mass is 16.3. The largest absolute Gasteiger partial charge is 0.395 e. The van der Waals surface area contributed by atoms with Crippen LogP contribution in [0.5, 0.6) is 0 Å². The Bertz CT molecular complexity index is 133. The number of likely N-dealkylation sites (tertiary alicyclic amines) is 1. The van der Waals surface area contributed by atoms with E-state index in [1.807, 2.05) is 6.92 Å². The summed E-state index contributed by atoms with van der Waals surface area (Å²) in [6.45, 7) is 5.77. The SMILES string of the molecule is CC(CO)NCC1CCN(C)CC1. The quantitative estimate of drug-likeness (QED) is 0.663. The topological polar surface area (TPSA) is 35.5 Å². The molecular formula is C10H22N2O. The Morgan fingerprint density at radius 2 is 2.08 bits per heavy atom. The van der Waals surface area contributed by atoms with Gasteiger partial charge < -0.3 is 15.3 Å². The number of aliphatic hydroxyl groups is 1. The van der Waals surface area contributed by atoms with E-state index >= 15 is 0 Å². The maximum Gasteiger partial charge on any atom is 0.0581 e. The van der Waals surface area contributed by atoms with Crippen molar-refractivity contribution in [2.24, 2.45) is 5.92 Å². The standard InChI is InChI=1S/C10H22N2O/c1-9(8-13)11-7-10-3-5-12(2)6-4-10/h9-11,13H,3-8H2,1-2H3. The van der Waals surface area contributed by atoms with Crippen molar-refractivity contribution in [3.63, 3.8) is 0 Å². The summed E-state index contributed by atoms with van der Waals surface area (Å²) in [6, 6.07) is 0.250. The summed E-state index contributed by atoms with van der Waals surface area (Å²) >= 11 is 0. The van der Waals surface area contributed by atoms with E-state index in [1.54, 1.807) is 0 Å². The number of hydrogen-bond donors (Lipinski definition) is 2. The van der Waals surface area contributed by atoms with Gasteiger partial charge in [0.05, 0.1) is 6.61 Å². The van der Waals surface area contributed by atoms with Crippen molar-refractivity contribution in [1.82, 2.24) is 10.2 Å². The van der Waals surface area contributed by atoms with E-state index in [1.165, 1.54) is 25.9 Å². The summed E-state index contributed by atoms with van der Waals surface area (Å²) in [5.41, 5.74) is 0. The lowest BCUT2D eigenvalue weighted by molar-refractivity contribution is 0.200. The van der Waals surface area contributed by atoms with Gasteiger partial charge in [0.25, 0.3) is 0 Å². The smallest absolute Gasteiger partial charge is 0.0581 e. The lowest BCUT2D eigenvalue weighted by Gasteiger charge is -2.29. The predicted molar refractivity (Wildman–Crippen MR) is 54.8 cm³/mol. The Labute approximate surface area is 81.1 Å². The monoisotopic (exact) mass is 186 g/mol. The maximum absolute atomic E-state index is 8.84. The van der Waals surface area contributed by atoms with E-state index in [2.05, 4.69) is 17.3 Å². The molecule has 1 heterocycles. The highest BCUT2D eigenvalue weighted by Gasteiger charge is 2.16. The van der Waals surface area contributed by atoms with E-state index in [9.17, 15) is 0 Å². The summed E-state index contributed by atoms with van der Waals surface area (Å²) in [7, 11) is 2.18. The van der Waals surface area contributed by atoms with Crippen LogP contribution in [0.1, 0.15) is 19.8 Å². The summed E-state index contributed by atoms with van der Waals surface area (Å²) in [5, 5.41) is 12.2. The molecule has 0 aromatic rings. The van der Waals surface area contributed by atoms with Gasteiger partial charge in [0.2, 0.25) is 0 Å².